The third-order valence-electron chi connectivity index (χ3n) is 7.33. The van der Waals surface area contributed by atoms with Crippen LogP contribution in [0.5, 0.6) is 5.75 Å². The summed E-state index contributed by atoms with van der Waals surface area (Å²) in [6.07, 6.45) is -4.39. The molecule has 1 fully saturated rings. The van der Waals surface area contributed by atoms with Crippen molar-refractivity contribution in [1.29, 1.82) is 0 Å². The van der Waals surface area contributed by atoms with E-state index in [-0.39, 0.29) is 6.03 Å². The molecule has 0 saturated carbocycles. The highest BCUT2D eigenvalue weighted by atomic mass is 19.4. The molecule has 2 amide bonds. The van der Waals surface area contributed by atoms with E-state index in [0.29, 0.717) is 51.6 Å². The number of urea groups is 1. The Kier molecular flexibility index (Phi) is 6.32. The second kappa shape index (κ2) is 9.83. The summed E-state index contributed by atoms with van der Waals surface area (Å²) in [5.74, 6) is 1.63. The number of carbonyl (C=O) groups excluding carboxylic acids is 1. The van der Waals surface area contributed by atoms with Gasteiger partial charge in [0.15, 0.2) is 0 Å². The molecule has 0 bridgehead atoms. The van der Waals surface area contributed by atoms with Crippen molar-refractivity contribution < 1.29 is 22.7 Å². The van der Waals surface area contributed by atoms with E-state index in [1.54, 1.807) is 15.9 Å². The third kappa shape index (κ3) is 5.10. The summed E-state index contributed by atoms with van der Waals surface area (Å²) in [6.45, 7) is 4.99. The molecule has 202 valence electrons. The van der Waals surface area contributed by atoms with Crippen molar-refractivity contribution in [2.75, 3.05) is 44.2 Å². The summed E-state index contributed by atoms with van der Waals surface area (Å²) >= 11 is 0. The SMILES string of the molecule is Cc1nc2ccc(-c3ccc4c(c3)CN(C(=O)N3CCN(c5cccc(C(F)(F)F)c5)CC3)CCO4)cc2[nH]1. The van der Waals surface area contributed by atoms with Gasteiger partial charge in [0.2, 0.25) is 0 Å². The number of halogens is 3. The van der Waals surface area contributed by atoms with E-state index in [4.69, 9.17) is 4.74 Å². The lowest BCUT2D eigenvalue weighted by molar-refractivity contribution is -0.137. The first-order chi connectivity index (χ1) is 18.7. The quantitative estimate of drug-likeness (QED) is 0.358. The molecule has 3 aromatic carbocycles. The highest BCUT2D eigenvalue weighted by Gasteiger charge is 2.32. The zero-order chi connectivity index (χ0) is 27.1. The van der Waals surface area contributed by atoms with Crippen molar-refractivity contribution >= 4 is 22.8 Å². The molecule has 3 heterocycles. The topological polar surface area (TPSA) is 64.7 Å². The van der Waals surface area contributed by atoms with Crippen LogP contribution in [-0.4, -0.2) is 65.1 Å². The average molecular weight is 536 g/mol. The molecule has 4 aromatic rings. The predicted molar refractivity (Wildman–Crippen MR) is 143 cm³/mol. The van der Waals surface area contributed by atoms with Crippen molar-refractivity contribution in [2.24, 2.45) is 0 Å². The first-order valence-electron chi connectivity index (χ1n) is 12.9. The number of fused-ring (bicyclic) bond motifs is 2. The van der Waals surface area contributed by atoms with Crippen LogP contribution in [0.3, 0.4) is 0 Å². The van der Waals surface area contributed by atoms with Crippen LogP contribution >= 0.6 is 0 Å². The van der Waals surface area contributed by atoms with Crippen LogP contribution in [0, 0.1) is 6.92 Å². The van der Waals surface area contributed by atoms with Crippen LogP contribution in [0.2, 0.25) is 0 Å². The molecule has 7 nitrogen and oxygen atoms in total. The Morgan fingerprint density at radius 1 is 0.923 bits per heavy atom. The maximum atomic E-state index is 13.5. The zero-order valence-corrected chi connectivity index (χ0v) is 21.5. The first-order valence-corrected chi connectivity index (χ1v) is 12.9. The number of anilines is 1. The summed E-state index contributed by atoms with van der Waals surface area (Å²) in [6, 6.07) is 17.4. The number of aryl methyl sites for hydroxylation is 1. The van der Waals surface area contributed by atoms with Gasteiger partial charge in [-0.2, -0.15) is 13.2 Å². The van der Waals surface area contributed by atoms with Gasteiger partial charge in [0.25, 0.3) is 0 Å². The number of alkyl halides is 3. The standard InChI is InChI=1S/C29H28F3N5O2/c1-19-33-25-7-5-21(16-26(25)34-19)20-6-8-27-22(15-20)18-37(13-14-39-27)28(38)36-11-9-35(10-12-36)24-4-2-3-23(17-24)29(30,31)32/h2-8,15-17H,9-14,18H2,1H3,(H,33,34). The molecule has 2 aliphatic rings. The molecule has 0 aliphatic carbocycles. The molecule has 0 atom stereocenters. The van der Waals surface area contributed by atoms with Crippen LogP contribution in [0.1, 0.15) is 17.0 Å². The molecule has 6 rings (SSSR count). The Bertz CT molecular complexity index is 1530. The molecule has 0 unspecified atom stereocenters. The number of amides is 2. The molecule has 10 heteroatoms. The Balaban J connectivity index is 1.15. The number of hydrogen-bond acceptors (Lipinski definition) is 4. The summed E-state index contributed by atoms with van der Waals surface area (Å²) < 4.78 is 45.4. The molecule has 1 saturated heterocycles. The zero-order valence-electron chi connectivity index (χ0n) is 21.5. The van der Waals surface area contributed by atoms with Gasteiger partial charge >= 0.3 is 12.2 Å². The highest BCUT2D eigenvalue weighted by Crippen LogP contribution is 2.33. The molecule has 39 heavy (non-hydrogen) atoms. The predicted octanol–water partition coefficient (Wildman–Crippen LogP) is 5.69. The molecule has 2 aliphatic heterocycles. The second-order valence-electron chi connectivity index (χ2n) is 9.95. The fourth-order valence-corrected chi connectivity index (χ4v) is 5.29. The molecular weight excluding hydrogens is 507 g/mol. The lowest BCUT2D eigenvalue weighted by atomic mass is 10.0. The van der Waals surface area contributed by atoms with E-state index in [1.165, 1.54) is 12.1 Å². The van der Waals surface area contributed by atoms with Gasteiger partial charge in [0, 0.05) is 37.4 Å². The van der Waals surface area contributed by atoms with E-state index >= 15 is 0 Å². The van der Waals surface area contributed by atoms with E-state index in [1.807, 2.05) is 36.1 Å². The number of benzene rings is 3. The number of rotatable bonds is 2. The van der Waals surface area contributed by atoms with Crippen molar-refractivity contribution in [1.82, 2.24) is 19.8 Å². The molecular formula is C29H28F3N5O2. The number of imidazole rings is 1. The number of carbonyl (C=O) groups is 1. The van der Waals surface area contributed by atoms with Crippen LogP contribution in [0.25, 0.3) is 22.2 Å². The van der Waals surface area contributed by atoms with E-state index in [9.17, 15) is 18.0 Å². The molecule has 1 N–H and O–H groups in total. The largest absolute Gasteiger partial charge is 0.491 e. The van der Waals surface area contributed by atoms with Gasteiger partial charge in [0.05, 0.1) is 29.7 Å². The maximum Gasteiger partial charge on any atom is 0.416 e. The monoisotopic (exact) mass is 535 g/mol. The number of hydrogen-bond donors (Lipinski definition) is 1. The Morgan fingerprint density at radius 2 is 1.69 bits per heavy atom. The summed E-state index contributed by atoms with van der Waals surface area (Å²) in [7, 11) is 0. The second-order valence-corrected chi connectivity index (χ2v) is 9.95. The molecule has 0 radical (unpaired) electrons. The Hall–Kier alpha value is -4.21. The van der Waals surface area contributed by atoms with Gasteiger partial charge in [-0.25, -0.2) is 9.78 Å². The number of H-pyrrole nitrogens is 1. The van der Waals surface area contributed by atoms with Crippen LogP contribution in [-0.2, 0) is 12.7 Å². The van der Waals surface area contributed by atoms with Gasteiger partial charge in [-0.05, 0) is 60.5 Å². The van der Waals surface area contributed by atoms with Crippen molar-refractivity contribution in [3.8, 4) is 16.9 Å². The fraction of sp³-hybridized carbons (Fsp3) is 0.310. The number of aromatic amines is 1. The van der Waals surface area contributed by atoms with E-state index < -0.39 is 11.7 Å². The summed E-state index contributed by atoms with van der Waals surface area (Å²) in [4.78, 5) is 26.7. The number of aromatic nitrogens is 2. The normalized spacial score (nSPS) is 16.2. The number of nitrogens with zero attached hydrogens (tertiary/aromatic N) is 4. The Morgan fingerprint density at radius 3 is 2.49 bits per heavy atom. The van der Waals surface area contributed by atoms with Gasteiger partial charge in [0.1, 0.15) is 18.2 Å². The van der Waals surface area contributed by atoms with E-state index in [0.717, 1.165) is 45.4 Å². The molecule has 1 aromatic heterocycles. The van der Waals surface area contributed by atoms with Crippen LogP contribution in [0.15, 0.2) is 60.7 Å². The number of nitrogens with one attached hydrogen (secondary N) is 1. The number of piperazine rings is 1. The third-order valence-corrected chi connectivity index (χ3v) is 7.33. The van der Waals surface area contributed by atoms with E-state index in [2.05, 4.69) is 22.1 Å². The van der Waals surface area contributed by atoms with Crippen molar-refractivity contribution in [2.45, 2.75) is 19.6 Å². The van der Waals surface area contributed by atoms with Gasteiger partial charge in [-0.3, -0.25) is 0 Å². The van der Waals surface area contributed by atoms with Gasteiger partial charge in [-0.15, -0.1) is 0 Å². The van der Waals surface area contributed by atoms with Crippen LogP contribution in [0.4, 0.5) is 23.7 Å². The van der Waals surface area contributed by atoms with Crippen LogP contribution < -0.4 is 9.64 Å². The minimum atomic E-state index is -4.39. The number of ether oxygens (including phenoxy) is 1. The van der Waals surface area contributed by atoms with Gasteiger partial charge < -0.3 is 24.4 Å². The fourth-order valence-electron chi connectivity index (χ4n) is 5.29. The lowest BCUT2D eigenvalue weighted by Crippen LogP contribution is -2.53. The van der Waals surface area contributed by atoms with Crippen molar-refractivity contribution in [3.05, 3.63) is 77.6 Å². The lowest BCUT2D eigenvalue weighted by Gasteiger charge is -2.38. The minimum Gasteiger partial charge on any atom is -0.491 e. The van der Waals surface area contributed by atoms with Gasteiger partial charge in [-0.1, -0.05) is 18.2 Å². The molecule has 0 spiro atoms. The first kappa shape index (κ1) is 25.1. The van der Waals surface area contributed by atoms with Crippen molar-refractivity contribution in [3.63, 3.8) is 0 Å². The smallest absolute Gasteiger partial charge is 0.416 e. The average Bonchev–Trinajstić information content (AvgIpc) is 3.18. The summed E-state index contributed by atoms with van der Waals surface area (Å²) in [5.41, 5.74) is 4.74. The Labute approximate surface area is 223 Å². The minimum absolute atomic E-state index is 0.0881. The summed E-state index contributed by atoms with van der Waals surface area (Å²) in [5, 5.41) is 0. The highest BCUT2D eigenvalue weighted by molar-refractivity contribution is 5.82. The maximum absolute atomic E-state index is 13.5.